The van der Waals surface area contributed by atoms with E-state index < -0.39 is 0 Å². The second-order valence-electron chi connectivity index (χ2n) is 8.89. The Morgan fingerprint density at radius 2 is 1.79 bits per heavy atom. The van der Waals surface area contributed by atoms with Crippen LogP contribution in [0.25, 0.3) is 11.4 Å². The van der Waals surface area contributed by atoms with Crippen LogP contribution in [0, 0.1) is 0 Å². The summed E-state index contributed by atoms with van der Waals surface area (Å²) in [6.45, 7) is 7.12. The first-order chi connectivity index (χ1) is 15.7. The van der Waals surface area contributed by atoms with Crippen molar-refractivity contribution in [1.29, 1.82) is 0 Å². The highest BCUT2D eigenvalue weighted by Gasteiger charge is 2.19. The normalized spacial score (nSPS) is 11.7. The van der Waals surface area contributed by atoms with E-state index in [1.165, 1.54) is 17.3 Å². The van der Waals surface area contributed by atoms with Gasteiger partial charge in [0.15, 0.2) is 11.0 Å². The zero-order valence-electron chi connectivity index (χ0n) is 19.5. The van der Waals surface area contributed by atoms with Gasteiger partial charge in [-0.2, -0.15) is 15.0 Å². The lowest BCUT2D eigenvalue weighted by atomic mass is 9.87. The third-order valence-electron chi connectivity index (χ3n) is 5.04. The minimum Gasteiger partial charge on any atom is -0.467 e. The van der Waals surface area contributed by atoms with Crippen LogP contribution in [0.1, 0.15) is 37.9 Å². The Bertz CT molecular complexity index is 1210. The maximum Gasteiger partial charge on any atom is 0.229 e. The summed E-state index contributed by atoms with van der Waals surface area (Å²) in [4.78, 5) is 14.7. The lowest BCUT2D eigenvalue weighted by Crippen LogP contribution is -2.16. The molecule has 10 heteroatoms. The van der Waals surface area contributed by atoms with Crippen LogP contribution in [0.3, 0.4) is 0 Å². The molecule has 4 aromatic rings. The molecular weight excluding hydrogens is 436 g/mol. The number of thioether (sulfide) groups is 1. The Balaban J connectivity index is 1.64. The Labute approximate surface area is 197 Å². The first-order valence-electron chi connectivity index (χ1n) is 10.6. The van der Waals surface area contributed by atoms with Crippen LogP contribution in [-0.4, -0.2) is 43.8 Å². The van der Waals surface area contributed by atoms with Crippen molar-refractivity contribution in [3.05, 3.63) is 59.8 Å². The van der Waals surface area contributed by atoms with Crippen molar-refractivity contribution in [3.8, 4) is 11.4 Å². The lowest BCUT2D eigenvalue weighted by molar-refractivity contribution is 0.485. The standard InChI is InChI=1S/C23H28N8OS/c1-23(2,3)16-10-8-15(9-11-16)19-28-29-22(31(19)13-17-7-6-12-32-17)33-14-18-25-20(24)27-21(26-18)30(4)5/h6-12H,13-14H2,1-5H3,(H2,24,25,26,27). The first-order valence-corrected chi connectivity index (χ1v) is 11.6. The summed E-state index contributed by atoms with van der Waals surface area (Å²) in [6.07, 6.45) is 1.67. The molecule has 33 heavy (non-hydrogen) atoms. The highest BCUT2D eigenvalue weighted by Crippen LogP contribution is 2.29. The molecule has 0 aliphatic heterocycles. The molecular formula is C23H28N8OS. The fourth-order valence-corrected chi connectivity index (χ4v) is 4.04. The van der Waals surface area contributed by atoms with Gasteiger partial charge in [0, 0.05) is 19.7 Å². The molecule has 172 valence electrons. The molecule has 0 fully saturated rings. The average molecular weight is 465 g/mol. The summed E-state index contributed by atoms with van der Waals surface area (Å²) in [5.41, 5.74) is 8.21. The summed E-state index contributed by atoms with van der Waals surface area (Å²) < 4.78 is 7.65. The van der Waals surface area contributed by atoms with E-state index in [4.69, 9.17) is 10.2 Å². The molecule has 4 rings (SSSR count). The largest absolute Gasteiger partial charge is 0.467 e. The monoisotopic (exact) mass is 464 g/mol. The Kier molecular flexibility index (Phi) is 6.37. The topological polar surface area (TPSA) is 112 Å². The van der Waals surface area contributed by atoms with Crippen LogP contribution in [0.5, 0.6) is 0 Å². The number of benzene rings is 1. The van der Waals surface area contributed by atoms with Crippen LogP contribution in [-0.2, 0) is 17.7 Å². The molecule has 0 unspecified atom stereocenters. The molecule has 0 aliphatic carbocycles. The van der Waals surface area contributed by atoms with E-state index in [1.807, 2.05) is 30.8 Å². The molecule has 9 nitrogen and oxygen atoms in total. The van der Waals surface area contributed by atoms with Gasteiger partial charge in [-0.1, -0.05) is 56.8 Å². The maximum absolute atomic E-state index is 5.87. The summed E-state index contributed by atoms with van der Waals surface area (Å²) in [5.74, 6) is 3.38. The van der Waals surface area contributed by atoms with Gasteiger partial charge in [-0.15, -0.1) is 10.2 Å². The number of anilines is 2. The molecule has 3 heterocycles. The van der Waals surface area contributed by atoms with Crippen LogP contribution >= 0.6 is 11.8 Å². The second kappa shape index (κ2) is 9.22. The van der Waals surface area contributed by atoms with Crippen LogP contribution in [0.15, 0.2) is 52.2 Å². The quantitative estimate of drug-likeness (QED) is 0.405. The second-order valence-corrected chi connectivity index (χ2v) is 9.83. The number of rotatable bonds is 7. The van der Waals surface area contributed by atoms with E-state index >= 15 is 0 Å². The molecule has 0 saturated heterocycles. The van der Waals surface area contributed by atoms with Crippen LogP contribution in [0.2, 0.25) is 0 Å². The molecule has 2 N–H and O–H groups in total. The van der Waals surface area contributed by atoms with E-state index in [1.54, 1.807) is 11.2 Å². The van der Waals surface area contributed by atoms with E-state index in [0.717, 1.165) is 22.3 Å². The summed E-state index contributed by atoms with van der Waals surface area (Å²) in [6, 6.07) is 12.3. The lowest BCUT2D eigenvalue weighted by Gasteiger charge is -2.19. The minimum atomic E-state index is 0.0825. The number of nitrogens with two attached hydrogens (primary N) is 1. The Morgan fingerprint density at radius 1 is 1.03 bits per heavy atom. The van der Waals surface area contributed by atoms with Gasteiger partial charge in [0.25, 0.3) is 0 Å². The van der Waals surface area contributed by atoms with Crippen LogP contribution in [0.4, 0.5) is 11.9 Å². The van der Waals surface area contributed by atoms with E-state index in [2.05, 4.69) is 70.2 Å². The van der Waals surface area contributed by atoms with E-state index in [-0.39, 0.29) is 11.4 Å². The van der Waals surface area contributed by atoms with Gasteiger partial charge in [-0.05, 0) is 23.1 Å². The predicted octanol–water partition coefficient (Wildman–Crippen LogP) is 4.01. The van der Waals surface area contributed by atoms with Crippen molar-refractivity contribution in [2.24, 2.45) is 0 Å². The van der Waals surface area contributed by atoms with Gasteiger partial charge in [0.1, 0.15) is 11.6 Å². The number of furan rings is 1. The zero-order chi connectivity index (χ0) is 23.6. The number of hydrogen-bond acceptors (Lipinski definition) is 9. The number of hydrogen-bond donors (Lipinski definition) is 1. The van der Waals surface area contributed by atoms with Gasteiger partial charge >= 0.3 is 0 Å². The molecule has 3 aromatic heterocycles. The molecule has 0 amide bonds. The summed E-state index contributed by atoms with van der Waals surface area (Å²) in [7, 11) is 3.73. The minimum absolute atomic E-state index is 0.0825. The van der Waals surface area contributed by atoms with Crippen molar-refractivity contribution >= 4 is 23.7 Å². The zero-order valence-corrected chi connectivity index (χ0v) is 20.3. The number of nitrogen functional groups attached to an aromatic ring is 1. The molecule has 0 saturated carbocycles. The van der Waals surface area contributed by atoms with E-state index in [9.17, 15) is 0 Å². The summed E-state index contributed by atoms with van der Waals surface area (Å²) >= 11 is 1.49. The molecule has 0 aliphatic rings. The van der Waals surface area contributed by atoms with Gasteiger partial charge in [0.2, 0.25) is 11.9 Å². The van der Waals surface area contributed by atoms with Gasteiger partial charge in [0.05, 0.1) is 18.6 Å². The summed E-state index contributed by atoms with van der Waals surface area (Å²) in [5, 5.41) is 9.70. The SMILES string of the molecule is CN(C)c1nc(N)nc(CSc2nnc(-c3ccc(C(C)(C)C)cc3)n2Cc2ccco2)n1. The van der Waals surface area contributed by atoms with Crippen molar-refractivity contribution < 1.29 is 4.42 Å². The first kappa shape index (κ1) is 22.8. The highest BCUT2D eigenvalue weighted by atomic mass is 32.2. The fraction of sp³-hybridized carbons (Fsp3) is 0.348. The molecule has 1 aromatic carbocycles. The van der Waals surface area contributed by atoms with Crippen molar-refractivity contribution in [2.45, 2.75) is 43.6 Å². The average Bonchev–Trinajstić information content (AvgIpc) is 3.42. The smallest absolute Gasteiger partial charge is 0.229 e. The molecule has 0 radical (unpaired) electrons. The van der Waals surface area contributed by atoms with Gasteiger partial charge in [-0.3, -0.25) is 4.57 Å². The number of nitrogens with zero attached hydrogens (tertiary/aromatic N) is 7. The fourth-order valence-electron chi connectivity index (χ4n) is 3.25. The highest BCUT2D eigenvalue weighted by molar-refractivity contribution is 7.98. The third-order valence-corrected chi connectivity index (χ3v) is 6.00. The molecule has 0 bridgehead atoms. The van der Waals surface area contributed by atoms with Crippen LogP contribution < -0.4 is 10.6 Å². The van der Waals surface area contributed by atoms with Crippen molar-refractivity contribution in [3.63, 3.8) is 0 Å². The van der Waals surface area contributed by atoms with Crippen molar-refractivity contribution in [1.82, 2.24) is 29.7 Å². The predicted molar refractivity (Wildman–Crippen MR) is 130 cm³/mol. The maximum atomic E-state index is 5.87. The number of aromatic nitrogens is 6. The molecule has 0 atom stereocenters. The molecule has 0 spiro atoms. The van der Waals surface area contributed by atoms with Gasteiger partial charge in [-0.25, -0.2) is 0 Å². The Hall–Kier alpha value is -3.40. The van der Waals surface area contributed by atoms with E-state index in [0.29, 0.717) is 24.1 Å². The Morgan fingerprint density at radius 3 is 2.42 bits per heavy atom. The third kappa shape index (κ3) is 5.33. The van der Waals surface area contributed by atoms with Crippen molar-refractivity contribution in [2.75, 3.05) is 24.7 Å². The van der Waals surface area contributed by atoms with Gasteiger partial charge < -0.3 is 15.1 Å².